The Morgan fingerprint density at radius 1 is 0.971 bits per heavy atom. The lowest BCUT2D eigenvalue weighted by atomic mass is 9.99. The van der Waals surface area contributed by atoms with E-state index in [-0.39, 0.29) is 11.5 Å². The summed E-state index contributed by atoms with van der Waals surface area (Å²) in [6.07, 6.45) is 0.595. The second-order valence-electron chi connectivity index (χ2n) is 7.96. The van der Waals surface area contributed by atoms with Crippen molar-refractivity contribution in [1.82, 2.24) is 15.0 Å². The van der Waals surface area contributed by atoms with Gasteiger partial charge in [-0.25, -0.2) is 4.68 Å². The zero-order chi connectivity index (χ0) is 23.7. The highest BCUT2D eigenvalue weighted by atomic mass is 16.6. The first-order chi connectivity index (χ1) is 16.6. The van der Waals surface area contributed by atoms with Gasteiger partial charge in [-0.1, -0.05) is 24.3 Å². The summed E-state index contributed by atoms with van der Waals surface area (Å²) in [5, 5.41) is 38.7. The van der Waals surface area contributed by atoms with E-state index in [4.69, 9.17) is 14.7 Å². The molecule has 5 rings (SSSR count). The molecule has 0 spiro atoms. The summed E-state index contributed by atoms with van der Waals surface area (Å²) in [6.45, 7) is 3.29. The van der Waals surface area contributed by atoms with E-state index in [1.807, 2.05) is 37.3 Å². The topological polar surface area (TPSA) is 113 Å². The zero-order valence-electron chi connectivity index (χ0n) is 18.5. The van der Waals surface area contributed by atoms with Crippen molar-refractivity contribution in [2.45, 2.75) is 19.9 Å². The third kappa shape index (κ3) is 3.88. The molecule has 0 unspecified atom stereocenters. The number of hydrogen-bond donors (Lipinski definition) is 2. The average molecular weight is 454 g/mol. The fourth-order valence-corrected chi connectivity index (χ4v) is 4.03. The van der Waals surface area contributed by atoms with Crippen LogP contribution in [0.25, 0.3) is 22.5 Å². The van der Waals surface area contributed by atoms with Crippen LogP contribution >= 0.6 is 0 Å². The molecule has 1 aliphatic heterocycles. The summed E-state index contributed by atoms with van der Waals surface area (Å²) in [5.41, 5.74) is 4.66. The van der Waals surface area contributed by atoms with Gasteiger partial charge in [-0.2, -0.15) is 5.26 Å². The largest absolute Gasteiger partial charge is 0.508 e. The van der Waals surface area contributed by atoms with Gasteiger partial charge < -0.3 is 19.7 Å². The van der Waals surface area contributed by atoms with Gasteiger partial charge in [0.25, 0.3) is 0 Å². The lowest BCUT2D eigenvalue weighted by Gasteiger charge is -2.19. The van der Waals surface area contributed by atoms with Crippen molar-refractivity contribution in [2.24, 2.45) is 0 Å². The predicted molar refractivity (Wildman–Crippen MR) is 125 cm³/mol. The quantitative estimate of drug-likeness (QED) is 0.463. The van der Waals surface area contributed by atoms with Crippen molar-refractivity contribution in [3.63, 3.8) is 0 Å². The highest BCUT2D eigenvalue weighted by Crippen LogP contribution is 2.41. The summed E-state index contributed by atoms with van der Waals surface area (Å²) in [6, 6.07) is 18.1. The van der Waals surface area contributed by atoms with E-state index in [1.165, 1.54) is 6.07 Å². The highest BCUT2D eigenvalue weighted by molar-refractivity contribution is 5.83. The monoisotopic (exact) mass is 454 g/mol. The molecule has 0 bridgehead atoms. The molecule has 0 saturated carbocycles. The van der Waals surface area contributed by atoms with E-state index in [2.05, 4.69) is 16.4 Å². The van der Waals surface area contributed by atoms with Crippen LogP contribution in [0.2, 0.25) is 0 Å². The first-order valence-electron chi connectivity index (χ1n) is 10.9. The van der Waals surface area contributed by atoms with Crippen molar-refractivity contribution in [1.29, 1.82) is 5.26 Å². The minimum absolute atomic E-state index is 0.0367. The zero-order valence-corrected chi connectivity index (χ0v) is 18.5. The SMILES string of the molecule is CCc1cc(-c2nnn(Cc3ccc(C#N)cc3)c2-c2ccc3c(c2)OCCO3)c(O)cc1O. The number of aromatic hydroxyl groups is 2. The third-order valence-corrected chi connectivity index (χ3v) is 5.80. The van der Waals surface area contributed by atoms with Crippen LogP contribution in [-0.4, -0.2) is 38.4 Å². The Balaban J connectivity index is 1.66. The molecule has 170 valence electrons. The maximum atomic E-state index is 10.7. The Morgan fingerprint density at radius 3 is 2.47 bits per heavy atom. The standard InChI is InChI=1S/C26H22N4O4/c1-2-18-11-20(22(32)13-21(18)31)25-26(19-7-8-23-24(12-19)34-10-9-33-23)30(29-28-25)15-17-5-3-16(14-27)4-6-17/h3-8,11-13,31-32H,2,9-10,15H2,1H3. The van der Waals surface area contributed by atoms with Crippen LogP contribution in [0.15, 0.2) is 54.6 Å². The molecule has 0 amide bonds. The second kappa shape index (κ2) is 8.79. The van der Waals surface area contributed by atoms with Crippen LogP contribution in [0.3, 0.4) is 0 Å². The average Bonchev–Trinajstić information content (AvgIpc) is 3.27. The molecule has 1 aliphatic rings. The summed E-state index contributed by atoms with van der Waals surface area (Å²) < 4.78 is 13.2. The second-order valence-corrected chi connectivity index (χ2v) is 7.96. The van der Waals surface area contributed by atoms with E-state index in [9.17, 15) is 10.2 Å². The molecule has 0 fully saturated rings. The van der Waals surface area contributed by atoms with Crippen LogP contribution in [0.1, 0.15) is 23.6 Å². The summed E-state index contributed by atoms with van der Waals surface area (Å²) in [5.74, 6) is 1.25. The molecular formula is C26H22N4O4. The molecule has 0 aliphatic carbocycles. The van der Waals surface area contributed by atoms with Crippen molar-refractivity contribution in [3.8, 4) is 51.6 Å². The smallest absolute Gasteiger partial charge is 0.162 e. The molecule has 1 aromatic heterocycles. The Hall–Kier alpha value is -4.51. The molecule has 0 radical (unpaired) electrons. The van der Waals surface area contributed by atoms with Gasteiger partial charge in [0, 0.05) is 17.2 Å². The van der Waals surface area contributed by atoms with E-state index in [1.54, 1.807) is 22.9 Å². The number of hydrogen-bond acceptors (Lipinski definition) is 7. The van der Waals surface area contributed by atoms with E-state index in [0.29, 0.717) is 65.8 Å². The van der Waals surface area contributed by atoms with Gasteiger partial charge in [-0.05, 0) is 53.9 Å². The first kappa shape index (κ1) is 21.3. The Bertz CT molecular complexity index is 1400. The number of nitrogens with zero attached hydrogens (tertiary/aromatic N) is 4. The number of phenolic OH excluding ortho intramolecular Hbond substituents is 2. The summed E-state index contributed by atoms with van der Waals surface area (Å²) in [7, 11) is 0. The minimum Gasteiger partial charge on any atom is -0.508 e. The molecule has 2 N–H and O–H groups in total. The molecule has 3 aromatic carbocycles. The fraction of sp³-hybridized carbons (Fsp3) is 0.192. The van der Waals surface area contributed by atoms with Crippen LogP contribution in [0, 0.1) is 11.3 Å². The maximum Gasteiger partial charge on any atom is 0.162 e. The predicted octanol–water partition coefficient (Wildman–Crippen LogP) is 4.28. The number of fused-ring (bicyclic) bond motifs is 1. The molecule has 2 heterocycles. The number of benzene rings is 3. The minimum atomic E-state index is -0.0843. The van der Waals surface area contributed by atoms with Crippen molar-refractivity contribution < 1.29 is 19.7 Å². The maximum absolute atomic E-state index is 10.7. The molecular weight excluding hydrogens is 432 g/mol. The van der Waals surface area contributed by atoms with Gasteiger partial charge in [0.15, 0.2) is 11.5 Å². The van der Waals surface area contributed by atoms with Crippen molar-refractivity contribution in [3.05, 3.63) is 71.3 Å². The lowest BCUT2D eigenvalue weighted by Crippen LogP contribution is -2.15. The van der Waals surface area contributed by atoms with Gasteiger partial charge in [0.1, 0.15) is 30.4 Å². The molecule has 34 heavy (non-hydrogen) atoms. The van der Waals surface area contributed by atoms with Gasteiger partial charge in [-0.3, -0.25) is 0 Å². The van der Waals surface area contributed by atoms with Crippen LogP contribution in [0.5, 0.6) is 23.0 Å². The number of aromatic nitrogens is 3. The summed E-state index contributed by atoms with van der Waals surface area (Å²) in [4.78, 5) is 0. The number of aryl methyl sites for hydroxylation is 1. The molecule has 4 aromatic rings. The number of nitriles is 1. The lowest BCUT2D eigenvalue weighted by molar-refractivity contribution is 0.171. The fourth-order valence-electron chi connectivity index (χ4n) is 4.03. The van der Waals surface area contributed by atoms with Crippen LogP contribution in [-0.2, 0) is 13.0 Å². The molecule has 0 atom stereocenters. The van der Waals surface area contributed by atoms with E-state index in [0.717, 1.165) is 11.1 Å². The van der Waals surface area contributed by atoms with Gasteiger partial charge in [0.2, 0.25) is 0 Å². The van der Waals surface area contributed by atoms with Crippen molar-refractivity contribution in [2.75, 3.05) is 13.2 Å². The molecule has 0 saturated heterocycles. The summed E-state index contributed by atoms with van der Waals surface area (Å²) >= 11 is 0. The third-order valence-electron chi connectivity index (χ3n) is 5.80. The van der Waals surface area contributed by atoms with E-state index < -0.39 is 0 Å². The van der Waals surface area contributed by atoms with Crippen LogP contribution in [0.4, 0.5) is 0 Å². The number of ether oxygens (including phenoxy) is 2. The van der Waals surface area contributed by atoms with E-state index >= 15 is 0 Å². The Kier molecular flexibility index (Phi) is 5.52. The molecule has 8 heteroatoms. The normalized spacial score (nSPS) is 12.4. The van der Waals surface area contributed by atoms with Crippen LogP contribution < -0.4 is 9.47 Å². The Morgan fingerprint density at radius 2 is 1.74 bits per heavy atom. The highest BCUT2D eigenvalue weighted by Gasteiger charge is 2.23. The number of phenols is 2. The first-order valence-corrected chi connectivity index (χ1v) is 10.9. The van der Waals surface area contributed by atoms with Gasteiger partial charge in [0.05, 0.1) is 23.9 Å². The molecule has 8 nitrogen and oxygen atoms in total. The van der Waals surface area contributed by atoms with Gasteiger partial charge in [-0.15, -0.1) is 5.10 Å². The van der Waals surface area contributed by atoms with Crippen molar-refractivity contribution >= 4 is 0 Å². The Labute approximate surface area is 196 Å². The van der Waals surface area contributed by atoms with Gasteiger partial charge >= 0.3 is 0 Å². The number of rotatable bonds is 5.